The molecule has 0 aliphatic heterocycles. The number of rotatable bonds is 6. The lowest BCUT2D eigenvalue weighted by Gasteiger charge is -2.06. The summed E-state index contributed by atoms with van der Waals surface area (Å²) in [7, 11) is 0. The van der Waals surface area contributed by atoms with Gasteiger partial charge in [-0.3, -0.25) is 14.9 Å². The van der Waals surface area contributed by atoms with Crippen molar-refractivity contribution < 1.29 is 9.72 Å². The quantitative estimate of drug-likeness (QED) is 0.372. The van der Waals surface area contributed by atoms with Gasteiger partial charge in [-0.15, -0.1) is 0 Å². The molecule has 144 valence electrons. The third-order valence-corrected chi connectivity index (χ3v) is 5.61. The second kappa shape index (κ2) is 7.72. The zero-order valence-corrected chi connectivity index (χ0v) is 15.8. The Morgan fingerprint density at radius 2 is 1.93 bits per heavy atom. The number of para-hydroxylation sites is 1. The molecule has 4 aromatic rings. The number of carbonyl (C=O) groups is 1. The lowest BCUT2D eigenvalue weighted by molar-refractivity contribution is -0.387. The van der Waals surface area contributed by atoms with Crippen LogP contribution in [0.1, 0.15) is 21.6 Å². The fourth-order valence-corrected chi connectivity index (χ4v) is 4.20. The number of nitrogens with one attached hydrogen (secondary N) is 1. The van der Waals surface area contributed by atoms with Gasteiger partial charge in [-0.05, 0) is 23.8 Å². The standard InChI is InChI=1S/C20H15N5O3S/c21-20(26)13-5-6-14-15(8-13)24-16(7-12-9-22-11-23-10-12)19(14)29-18-4-2-1-3-17(18)25(27)28/h1-6,8-11,24H,7H2,(H2,21,26). The number of carbonyl (C=O) groups excluding carboxylic acids is 1. The molecule has 0 aliphatic rings. The van der Waals surface area contributed by atoms with Gasteiger partial charge in [0.15, 0.2) is 0 Å². The summed E-state index contributed by atoms with van der Waals surface area (Å²) in [5.74, 6) is -0.521. The summed E-state index contributed by atoms with van der Waals surface area (Å²) in [6.45, 7) is 0. The third-order valence-electron chi connectivity index (χ3n) is 4.38. The molecular weight excluding hydrogens is 390 g/mol. The number of nitrogens with zero attached hydrogens (tertiary/aromatic N) is 3. The smallest absolute Gasteiger partial charge is 0.283 e. The van der Waals surface area contributed by atoms with Gasteiger partial charge in [0.2, 0.25) is 5.91 Å². The average Bonchev–Trinajstić information content (AvgIpc) is 3.05. The van der Waals surface area contributed by atoms with Crippen molar-refractivity contribution in [2.24, 2.45) is 5.73 Å². The van der Waals surface area contributed by atoms with Crippen molar-refractivity contribution in [1.29, 1.82) is 0 Å². The van der Waals surface area contributed by atoms with Crippen LogP contribution in [0.15, 0.2) is 71.0 Å². The number of benzene rings is 2. The highest BCUT2D eigenvalue weighted by Gasteiger charge is 2.19. The van der Waals surface area contributed by atoms with Crippen LogP contribution in [-0.4, -0.2) is 25.8 Å². The Bertz CT molecular complexity index is 1220. The summed E-state index contributed by atoms with van der Waals surface area (Å²) < 4.78 is 0. The molecule has 8 nitrogen and oxygen atoms in total. The maximum Gasteiger partial charge on any atom is 0.283 e. The molecule has 29 heavy (non-hydrogen) atoms. The van der Waals surface area contributed by atoms with E-state index in [-0.39, 0.29) is 5.69 Å². The first-order valence-corrected chi connectivity index (χ1v) is 9.44. The first-order chi connectivity index (χ1) is 14.0. The number of hydrogen-bond acceptors (Lipinski definition) is 6. The molecule has 9 heteroatoms. The molecule has 0 unspecified atom stereocenters. The number of fused-ring (bicyclic) bond motifs is 1. The minimum Gasteiger partial charge on any atom is -0.366 e. The average molecular weight is 405 g/mol. The molecule has 0 radical (unpaired) electrons. The normalized spacial score (nSPS) is 10.9. The summed E-state index contributed by atoms with van der Waals surface area (Å²) in [6.07, 6.45) is 5.39. The summed E-state index contributed by atoms with van der Waals surface area (Å²) in [5.41, 5.74) is 8.29. The van der Waals surface area contributed by atoms with Gasteiger partial charge in [0, 0.05) is 51.9 Å². The molecule has 1 amide bonds. The third kappa shape index (κ3) is 3.81. The summed E-state index contributed by atoms with van der Waals surface area (Å²) in [5, 5.41) is 12.3. The van der Waals surface area contributed by atoms with Crippen LogP contribution in [0.4, 0.5) is 5.69 Å². The van der Waals surface area contributed by atoms with Gasteiger partial charge in [0.25, 0.3) is 5.69 Å². The summed E-state index contributed by atoms with van der Waals surface area (Å²) in [6, 6.07) is 11.7. The zero-order chi connectivity index (χ0) is 20.4. The van der Waals surface area contributed by atoms with Crippen molar-refractivity contribution in [2.75, 3.05) is 0 Å². The number of amides is 1. The fourth-order valence-electron chi connectivity index (χ4n) is 3.05. The van der Waals surface area contributed by atoms with Crippen LogP contribution in [0, 0.1) is 10.1 Å². The predicted octanol–water partition coefficient (Wildman–Crippen LogP) is 3.71. The Morgan fingerprint density at radius 1 is 1.17 bits per heavy atom. The zero-order valence-electron chi connectivity index (χ0n) is 15.0. The Kier molecular flexibility index (Phi) is 4.96. The molecule has 0 fully saturated rings. The van der Waals surface area contributed by atoms with Gasteiger partial charge < -0.3 is 10.7 Å². The Labute approximate surface area is 169 Å². The predicted molar refractivity (Wildman–Crippen MR) is 109 cm³/mol. The molecule has 2 aromatic heterocycles. The molecule has 2 heterocycles. The van der Waals surface area contributed by atoms with E-state index in [0.29, 0.717) is 16.9 Å². The van der Waals surface area contributed by atoms with E-state index in [1.807, 2.05) is 0 Å². The maximum absolute atomic E-state index is 11.5. The van der Waals surface area contributed by atoms with Crippen molar-refractivity contribution in [3.8, 4) is 0 Å². The maximum atomic E-state index is 11.5. The lowest BCUT2D eigenvalue weighted by Crippen LogP contribution is -2.10. The second-order valence-corrected chi connectivity index (χ2v) is 7.36. The monoisotopic (exact) mass is 405 g/mol. The number of aromatic nitrogens is 3. The fraction of sp³-hybridized carbons (Fsp3) is 0.0500. The van der Waals surface area contributed by atoms with E-state index in [1.54, 1.807) is 48.8 Å². The Morgan fingerprint density at radius 3 is 2.66 bits per heavy atom. The van der Waals surface area contributed by atoms with Gasteiger partial charge in [0.05, 0.1) is 9.82 Å². The number of nitro benzene ring substituents is 1. The number of aromatic amines is 1. The lowest BCUT2D eigenvalue weighted by atomic mass is 10.1. The van der Waals surface area contributed by atoms with E-state index in [2.05, 4.69) is 15.0 Å². The van der Waals surface area contributed by atoms with Gasteiger partial charge in [-0.25, -0.2) is 9.97 Å². The van der Waals surface area contributed by atoms with Crippen molar-refractivity contribution in [1.82, 2.24) is 15.0 Å². The highest BCUT2D eigenvalue weighted by atomic mass is 32.2. The molecule has 0 aliphatic carbocycles. The van der Waals surface area contributed by atoms with Crippen molar-refractivity contribution >= 4 is 34.3 Å². The number of primary amides is 1. The molecule has 0 bridgehead atoms. The van der Waals surface area contributed by atoms with Gasteiger partial charge >= 0.3 is 0 Å². The SMILES string of the molecule is NC(=O)c1ccc2c(Sc3ccccc3[N+](=O)[O-])c(Cc3cncnc3)[nH]c2c1. The molecule has 0 saturated heterocycles. The molecule has 3 N–H and O–H groups in total. The van der Waals surface area contributed by atoms with E-state index in [1.165, 1.54) is 24.2 Å². The van der Waals surface area contributed by atoms with Gasteiger partial charge in [0.1, 0.15) is 6.33 Å². The van der Waals surface area contributed by atoms with E-state index in [9.17, 15) is 14.9 Å². The van der Waals surface area contributed by atoms with Crippen LogP contribution in [-0.2, 0) is 6.42 Å². The largest absolute Gasteiger partial charge is 0.366 e. The van der Waals surface area contributed by atoms with Gasteiger partial charge in [-0.1, -0.05) is 30.0 Å². The van der Waals surface area contributed by atoms with E-state index in [0.717, 1.165) is 27.1 Å². The van der Waals surface area contributed by atoms with E-state index >= 15 is 0 Å². The highest BCUT2D eigenvalue weighted by molar-refractivity contribution is 7.99. The number of nitrogens with two attached hydrogens (primary N) is 1. The first kappa shape index (κ1) is 18.6. The van der Waals surface area contributed by atoms with Crippen LogP contribution in [0.5, 0.6) is 0 Å². The van der Waals surface area contributed by atoms with E-state index in [4.69, 9.17) is 5.73 Å². The van der Waals surface area contributed by atoms with Crippen molar-refractivity contribution in [2.45, 2.75) is 16.2 Å². The first-order valence-electron chi connectivity index (χ1n) is 8.62. The minimum atomic E-state index is -0.521. The highest BCUT2D eigenvalue weighted by Crippen LogP contribution is 2.41. The van der Waals surface area contributed by atoms with Crippen molar-refractivity contribution in [3.05, 3.63) is 88.1 Å². The summed E-state index contributed by atoms with van der Waals surface area (Å²) >= 11 is 1.31. The van der Waals surface area contributed by atoms with Crippen LogP contribution >= 0.6 is 11.8 Å². The minimum absolute atomic E-state index is 0.0367. The summed E-state index contributed by atoms with van der Waals surface area (Å²) in [4.78, 5) is 35.4. The molecule has 2 aromatic carbocycles. The molecule has 0 spiro atoms. The second-order valence-electron chi connectivity index (χ2n) is 6.31. The Balaban J connectivity index is 1.85. The number of H-pyrrole nitrogens is 1. The van der Waals surface area contributed by atoms with Crippen LogP contribution in [0.3, 0.4) is 0 Å². The molecule has 0 atom stereocenters. The van der Waals surface area contributed by atoms with E-state index < -0.39 is 10.8 Å². The topological polar surface area (TPSA) is 128 Å². The van der Waals surface area contributed by atoms with Crippen LogP contribution in [0.25, 0.3) is 10.9 Å². The molecule has 4 rings (SSSR count). The number of nitro groups is 1. The number of hydrogen-bond donors (Lipinski definition) is 2. The molecular formula is C20H15N5O3S. The van der Waals surface area contributed by atoms with Crippen LogP contribution < -0.4 is 5.73 Å². The Hall–Kier alpha value is -3.72. The van der Waals surface area contributed by atoms with Gasteiger partial charge in [-0.2, -0.15) is 0 Å². The van der Waals surface area contributed by atoms with Crippen LogP contribution in [0.2, 0.25) is 0 Å². The molecule has 0 saturated carbocycles. The van der Waals surface area contributed by atoms with Crippen molar-refractivity contribution in [3.63, 3.8) is 0 Å².